The average Bonchev–Trinajstić information content (AvgIpc) is 2.28. The zero-order valence-electron chi connectivity index (χ0n) is 9.18. The monoisotopic (exact) mass is 227 g/mol. The Kier molecular flexibility index (Phi) is 6.39. The molecule has 0 radical (unpaired) electrons. The minimum atomic E-state index is -0.132. The molecule has 1 aromatic heterocycles. The predicted octanol–water partition coefficient (Wildman–Crippen LogP) is 2.57. The standard InChI is InChI=1S/C11H17NO2S/c1-3-13-11(14-4-2)9-15-10-7-5-6-8-12-10/h5-8,11H,3-4,9H2,1-2H3. The van der Waals surface area contributed by atoms with Crippen LogP contribution in [0.5, 0.6) is 0 Å². The van der Waals surface area contributed by atoms with Crippen LogP contribution in [0.1, 0.15) is 13.8 Å². The Balaban J connectivity index is 2.33. The highest BCUT2D eigenvalue weighted by Crippen LogP contribution is 2.16. The molecule has 0 aliphatic heterocycles. The fourth-order valence-corrected chi connectivity index (χ4v) is 1.91. The van der Waals surface area contributed by atoms with E-state index in [4.69, 9.17) is 9.47 Å². The summed E-state index contributed by atoms with van der Waals surface area (Å²) in [5.41, 5.74) is 0. The van der Waals surface area contributed by atoms with Crippen molar-refractivity contribution in [3.63, 3.8) is 0 Å². The van der Waals surface area contributed by atoms with Crippen molar-refractivity contribution < 1.29 is 9.47 Å². The average molecular weight is 227 g/mol. The number of ether oxygens (including phenoxy) is 2. The molecule has 1 heterocycles. The topological polar surface area (TPSA) is 31.4 Å². The molecule has 0 aliphatic carbocycles. The maximum absolute atomic E-state index is 5.43. The van der Waals surface area contributed by atoms with Gasteiger partial charge in [0.25, 0.3) is 0 Å². The molecule has 0 saturated heterocycles. The SMILES string of the molecule is CCOC(CSc1ccccn1)OCC. The Morgan fingerprint density at radius 3 is 2.53 bits per heavy atom. The Hall–Kier alpha value is -0.580. The summed E-state index contributed by atoms with van der Waals surface area (Å²) in [5, 5.41) is 1.00. The number of aromatic nitrogens is 1. The molecule has 0 spiro atoms. The number of thioether (sulfide) groups is 1. The second-order valence-electron chi connectivity index (χ2n) is 2.82. The number of hydrogen-bond acceptors (Lipinski definition) is 4. The van der Waals surface area contributed by atoms with Crippen molar-refractivity contribution in [3.05, 3.63) is 24.4 Å². The van der Waals surface area contributed by atoms with E-state index in [0.717, 1.165) is 10.8 Å². The number of rotatable bonds is 7. The molecule has 0 aliphatic rings. The molecule has 4 heteroatoms. The molecule has 0 fully saturated rings. The van der Waals surface area contributed by atoms with E-state index in [-0.39, 0.29) is 6.29 Å². The van der Waals surface area contributed by atoms with Crippen molar-refractivity contribution in [2.24, 2.45) is 0 Å². The van der Waals surface area contributed by atoms with Crippen LogP contribution in [-0.4, -0.2) is 30.2 Å². The van der Waals surface area contributed by atoms with Crippen molar-refractivity contribution in [1.29, 1.82) is 0 Å². The first kappa shape index (κ1) is 12.5. The van der Waals surface area contributed by atoms with E-state index in [1.165, 1.54) is 0 Å². The van der Waals surface area contributed by atoms with Crippen LogP contribution >= 0.6 is 11.8 Å². The van der Waals surface area contributed by atoms with E-state index < -0.39 is 0 Å². The van der Waals surface area contributed by atoms with Gasteiger partial charge in [-0.05, 0) is 26.0 Å². The zero-order valence-corrected chi connectivity index (χ0v) is 10.00. The lowest BCUT2D eigenvalue weighted by molar-refractivity contribution is -0.120. The van der Waals surface area contributed by atoms with Crippen LogP contribution in [0, 0.1) is 0 Å². The van der Waals surface area contributed by atoms with Gasteiger partial charge >= 0.3 is 0 Å². The van der Waals surface area contributed by atoms with Gasteiger partial charge in [-0.25, -0.2) is 4.98 Å². The van der Waals surface area contributed by atoms with Gasteiger partial charge in [-0.2, -0.15) is 0 Å². The van der Waals surface area contributed by atoms with E-state index in [1.807, 2.05) is 32.0 Å². The van der Waals surface area contributed by atoms with Crippen LogP contribution in [-0.2, 0) is 9.47 Å². The molecule has 0 aromatic carbocycles. The van der Waals surface area contributed by atoms with Gasteiger partial charge in [0.2, 0.25) is 0 Å². The summed E-state index contributed by atoms with van der Waals surface area (Å²) in [6.45, 7) is 5.29. The summed E-state index contributed by atoms with van der Waals surface area (Å²) in [4.78, 5) is 4.22. The first-order valence-electron chi connectivity index (χ1n) is 5.13. The number of pyridine rings is 1. The molecule has 15 heavy (non-hydrogen) atoms. The maximum atomic E-state index is 5.43. The molecule has 0 N–H and O–H groups in total. The summed E-state index contributed by atoms with van der Waals surface area (Å²) < 4.78 is 10.9. The summed E-state index contributed by atoms with van der Waals surface area (Å²) >= 11 is 1.65. The Morgan fingerprint density at radius 2 is 2.00 bits per heavy atom. The Labute approximate surface area is 95.2 Å². The molecule has 84 valence electrons. The van der Waals surface area contributed by atoms with Crippen LogP contribution in [0.15, 0.2) is 29.4 Å². The molecule has 0 amide bonds. The first-order valence-corrected chi connectivity index (χ1v) is 6.12. The second kappa shape index (κ2) is 7.68. The molecular formula is C11H17NO2S. The fourth-order valence-electron chi connectivity index (χ4n) is 1.10. The maximum Gasteiger partial charge on any atom is 0.166 e. The fraction of sp³-hybridized carbons (Fsp3) is 0.545. The highest BCUT2D eigenvalue weighted by molar-refractivity contribution is 7.99. The highest BCUT2D eigenvalue weighted by Gasteiger charge is 2.08. The van der Waals surface area contributed by atoms with Crippen LogP contribution in [0.4, 0.5) is 0 Å². The van der Waals surface area contributed by atoms with E-state index in [9.17, 15) is 0 Å². The van der Waals surface area contributed by atoms with Gasteiger partial charge in [0.05, 0.1) is 10.8 Å². The molecule has 1 rings (SSSR count). The molecule has 0 saturated carbocycles. The molecule has 0 unspecified atom stereocenters. The third-order valence-electron chi connectivity index (χ3n) is 1.71. The highest BCUT2D eigenvalue weighted by atomic mass is 32.2. The van der Waals surface area contributed by atoms with Gasteiger partial charge in [0, 0.05) is 19.4 Å². The zero-order chi connectivity index (χ0) is 10.9. The quantitative estimate of drug-likeness (QED) is 0.529. The second-order valence-corrected chi connectivity index (χ2v) is 3.86. The van der Waals surface area contributed by atoms with E-state index in [1.54, 1.807) is 18.0 Å². The summed E-state index contributed by atoms with van der Waals surface area (Å²) in [7, 11) is 0. The van der Waals surface area contributed by atoms with E-state index in [0.29, 0.717) is 13.2 Å². The first-order chi connectivity index (χ1) is 7.36. The molecule has 0 bridgehead atoms. The lowest BCUT2D eigenvalue weighted by Gasteiger charge is -2.15. The summed E-state index contributed by atoms with van der Waals surface area (Å²) in [6.07, 6.45) is 1.66. The van der Waals surface area contributed by atoms with Crippen molar-refractivity contribution in [2.45, 2.75) is 25.2 Å². The summed E-state index contributed by atoms with van der Waals surface area (Å²) in [6, 6.07) is 5.87. The van der Waals surface area contributed by atoms with Crippen LogP contribution in [0.3, 0.4) is 0 Å². The van der Waals surface area contributed by atoms with Crippen LogP contribution < -0.4 is 0 Å². The van der Waals surface area contributed by atoms with Crippen LogP contribution in [0.25, 0.3) is 0 Å². The van der Waals surface area contributed by atoms with Gasteiger partial charge in [-0.1, -0.05) is 6.07 Å². The normalized spacial score (nSPS) is 10.9. The van der Waals surface area contributed by atoms with Crippen molar-refractivity contribution in [3.8, 4) is 0 Å². The van der Waals surface area contributed by atoms with Crippen molar-refractivity contribution >= 4 is 11.8 Å². The largest absolute Gasteiger partial charge is 0.352 e. The third kappa shape index (κ3) is 5.16. The van der Waals surface area contributed by atoms with Gasteiger partial charge in [-0.15, -0.1) is 11.8 Å². The minimum Gasteiger partial charge on any atom is -0.352 e. The summed E-state index contributed by atoms with van der Waals surface area (Å²) in [5.74, 6) is 0.776. The molecule has 3 nitrogen and oxygen atoms in total. The predicted molar refractivity (Wildman–Crippen MR) is 62.0 cm³/mol. The Bertz CT molecular complexity index is 250. The van der Waals surface area contributed by atoms with Gasteiger partial charge < -0.3 is 9.47 Å². The molecular weight excluding hydrogens is 210 g/mol. The van der Waals surface area contributed by atoms with Crippen molar-refractivity contribution in [2.75, 3.05) is 19.0 Å². The van der Waals surface area contributed by atoms with Gasteiger partial charge in [-0.3, -0.25) is 0 Å². The third-order valence-corrected chi connectivity index (χ3v) is 2.69. The number of hydrogen-bond donors (Lipinski definition) is 0. The number of nitrogens with zero attached hydrogens (tertiary/aromatic N) is 1. The van der Waals surface area contributed by atoms with Crippen molar-refractivity contribution in [1.82, 2.24) is 4.98 Å². The lowest BCUT2D eigenvalue weighted by atomic mass is 10.5. The molecule has 0 atom stereocenters. The van der Waals surface area contributed by atoms with Gasteiger partial charge in [0.15, 0.2) is 6.29 Å². The van der Waals surface area contributed by atoms with E-state index >= 15 is 0 Å². The van der Waals surface area contributed by atoms with Crippen LogP contribution in [0.2, 0.25) is 0 Å². The Morgan fingerprint density at radius 1 is 1.27 bits per heavy atom. The van der Waals surface area contributed by atoms with E-state index in [2.05, 4.69) is 4.98 Å². The molecule has 1 aromatic rings. The minimum absolute atomic E-state index is 0.132. The van der Waals surface area contributed by atoms with Gasteiger partial charge in [0.1, 0.15) is 0 Å². The smallest absolute Gasteiger partial charge is 0.166 e. The lowest BCUT2D eigenvalue weighted by Crippen LogP contribution is -2.20.